The Bertz CT molecular complexity index is 250. The van der Waals surface area contributed by atoms with Crippen molar-refractivity contribution in [3.05, 3.63) is 16.1 Å². The van der Waals surface area contributed by atoms with Gasteiger partial charge in [-0.2, -0.15) is 9.64 Å². The van der Waals surface area contributed by atoms with E-state index in [4.69, 9.17) is 5.26 Å². The summed E-state index contributed by atoms with van der Waals surface area (Å²) in [5.74, 6) is 0. The minimum atomic E-state index is 0.494. The molecule has 0 aromatic carbocycles. The molecule has 0 spiro atoms. The summed E-state index contributed by atoms with van der Waals surface area (Å²) >= 11 is 1.47. The molecule has 2 nitrogen and oxygen atoms in total. The van der Waals surface area contributed by atoms with Gasteiger partial charge in [0.2, 0.25) is 0 Å². The average Bonchev–Trinajstić information content (AvgIpc) is 2.20. The van der Waals surface area contributed by atoms with Crippen LogP contribution in [0.15, 0.2) is 0 Å². The van der Waals surface area contributed by atoms with E-state index >= 15 is 0 Å². The molecule has 0 fully saturated rings. The van der Waals surface area contributed by atoms with E-state index in [9.17, 15) is 0 Å². The van der Waals surface area contributed by atoms with E-state index in [1.165, 1.54) is 16.4 Å². The molecule has 3 heteroatoms. The molecule has 10 heavy (non-hydrogen) atoms. The number of hydrogen-bond donors (Lipinski definition) is 0. The Morgan fingerprint density at radius 3 is 2.70 bits per heavy atom. The highest BCUT2D eigenvalue weighted by Gasteiger charge is 2.04. The summed E-state index contributed by atoms with van der Waals surface area (Å²) in [5, 5.41) is 8.41. The number of aromatic nitrogens is 1. The zero-order chi connectivity index (χ0) is 7.56. The fraction of sp³-hybridized carbons (Fsp3) is 0.429. The van der Waals surface area contributed by atoms with Crippen LogP contribution in [0.25, 0.3) is 0 Å². The van der Waals surface area contributed by atoms with Crippen LogP contribution >= 0.6 is 11.5 Å². The smallest absolute Gasteiger partial charge is 0.0670 e. The lowest BCUT2D eigenvalue weighted by Gasteiger charge is -1.89. The van der Waals surface area contributed by atoms with Gasteiger partial charge in [0.25, 0.3) is 0 Å². The van der Waals surface area contributed by atoms with Gasteiger partial charge in [0, 0.05) is 10.4 Å². The maximum atomic E-state index is 8.41. The third-order valence-corrected chi connectivity index (χ3v) is 2.32. The second-order valence-corrected chi connectivity index (χ2v) is 3.12. The third-order valence-electron chi connectivity index (χ3n) is 1.44. The van der Waals surface area contributed by atoms with Crippen molar-refractivity contribution in [2.75, 3.05) is 0 Å². The maximum absolute atomic E-state index is 8.41. The number of hydrogen-bond acceptors (Lipinski definition) is 3. The van der Waals surface area contributed by atoms with Crippen LogP contribution in [-0.4, -0.2) is 4.37 Å². The quantitative estimate of drug-likeness (QED) is 0.615. The van der Waals surface area contributed by atoms with Crippen molar-refractivity contribution in [1.82, 2.24) is 4.37 Å². The third kappa shape index (κ3) is 1.17. The molecule has 0 bridgehead atoms. The van der Waals surface area contributed by atoms with Crippen LogP contribution in [0, 0.1) is 25.2 Å². The molecule has 0 amide bonds. The number of rotatable bonds is 1. The highest BCUT2D eigenvalue weighted by atomic mass is 32.1. The van der Waals surface area contributed by atoms with Gasteiger partial charge in [0.15, 0.2) is 0 Å². The van der Waals surface area contributed by atoms with Gasteiger partial charge in [-0.05, 0) is 25.4 Å². The molecular weight excluding hydrogens is 144 g/mol. The van der Waals surface area contributed by atoms with Gasteiger partial charge in [-0.3, -0.25) is 0 Å². The van der Waals surface area contributed by atoms with Crippen molar-refractivity contribution in [1.29, 1.82) is 5.26 Å². The molecule has 1 heterocycles. The molecule has 0 aliphatic heterocycles. The second-order valence-electron chi connectivity index (χ2n) is 2.14. The summed E-state index contributed by atoms with van der Waals surface area (Å²) in [6, 6.07) is 2.12. The van der Waals surface area contributed by atoms with Crippen molar-refractivity contribution in [3.8, 4) is 6.07 Å². The first kappa shape index (κ1) is 7.23. The lowest BCUT2D eigenvalue weighted by Crippen LogP contribution is -1.84. The van der Waals surface area contributed by atoms with Gasteiger partial charge in [0.05, 0.1) is 18.2 Å². The predicted molar refractivity (Wildman–Crippen MR) is 40.9 cm³/mol. The number of aryl methyl sites for hydroxylation is 2. The molecule has 0 radical (unpaired) electrons. The first-order chi connectivity index (χ1) is 4.75. The summed E-state index contributed by atoms with van der Waals surface area (Å²) in [6.45, 7) is 3.94. The normalized spacial score (nSPS) is 9.30. The van der Waals surface area contributed by atoms with Crippen LogP contribution < -0.4 is 0 Å². The topological polar surface area (TPSA) is 36.7 Å². The zero-order valence-electron chi connectivity index (χ0n) is 6.01. The SMILES string of the molecule is Cc1nsc(C)c1CC#N. The molecular formula is C7H8N2S. The maximum Gasteiger partial charge on any atom is 0.0670 e. The highest BCUT2D eigenvalue weighted by molar-refractivity contribution is 7.05. The first-order valence-electron chi connectivity index (χ1n) is 3.04. The monoisotopic (exact) mass is 152 g/mol. The van der Waals surface area contributed by atoms with E-state index in [2.05, 4.69) is 10.4 Å². The Morgan fingerprint density at radius 1 is 1.60 bits per heavy atom. The fourth-order valence-electron chi connectivity index (χ4n) is 0.833. The lowest BCUT2D eigenvalue weighted by atomic mass is 10.2. The van der Waals surface area contributed by atoms with Crippen molar-refractivity contribution in [2.45, 2.75) is 20.3 Å². The molecule has 0 unspecified atom stereocenters. The van der Waals surface area contributed by atoms with Gasteiger partial charge in [-0.25, -0.2) is 0 Å². The van der Waals surface area contributed by atoms with Crippen LogP contribution in [-0.2, 0) is 6.42 Å². The molecule has 0 saturated heterocycles. The molecule has 1 aromatic rings. The van der Waals surface area contributed by atoms with Crippen LogP contribution in [0.1, 0.15) is 16.1 Å². The van der Waals surface area contributed by atoms with E-state index in [0.29, 0.717) is 6.42 Å². The number of nitrogens with zero attached hydrogens (tertiary/aromatic N) is 2. The summed E-state index contributed by atoms with van der Waals surface area (Å²) < 4.78 is 4.13. The molecule has 0 aliphatic rings. The minimum Gasteiger partial charge on any atom is -0.198 e. The van der Waals surface area contributed by atoms with Crippen molar-refractivity contribution >= 4 is 11.5 Å². The summed E-state index contributed by atoms with van der Waals surface area (Å²) in [4.78, 5) is 1.17. The van der Waals surface area contributed by atoms with E-state index in [-0.39, 0.29) is 0 Å². The van der Waals surface area contributed by atoms with Gasteiger partial charge < -0.3 is 0 Å². The standard InChI is InChI=1S/C7H8N2S/c1-5-7(3-4-8)6(2)10-9-5/h3H2,1-2H3. The largest absolute Gasteiger partial charge is 0.198 e. The Labute approximate surface area is 64.3 Å². The molecule has 1 rings (SSSR count). The highest BCUT2D eigenvalue weighted by Crippen LogP contribution is 2.16. The second kappa shape index (κ2) is 2.80. The fourth-order valence-corrected chi connectivity index (χ4v) is 1.55. The van der Waals surface area contributed by atoms with Crippen LogP contribution in [0.4, 0.5) is 0 Å². The Hall–Kier alpha value is -0.880. The predicted octanol–water partition coefficient (Wildman–Crippen LogP) is 1.83. The van der Waals surface area contributed by atoms with E-state index in [1.54, 1.807) is 0 Å². The summed E-state index contributed by atoms with van der Waals surface area (Å²) in [6.07, 6.45) is 0.494. The van der Waals surface area contributed by atoms with Gasteiger partial charge in [0.1, 0.15) is 0 Å². The van der Waals surface area contributed by atoms with Gasteiger partial charge in [-0.1, -0.05) is 0 Å². The molecule has 0 saturated carbocycles. The first-order valence-corrected chi connectivity index (χ1v) is 3.81. The van der Waals surface area contributed by atoms with Crippen molar-refractivity contribution in [2.24, 2.45) is 0 Å². The molecule has 0 N–H and O–H groups in total. The van der Waals surface area contributed by atoms with Crippen molar-refractivity contribution < 1.29 is 0 Å². The summed E-state index contributed by atoms with van der Waals surface area (Å²) in [5.41, 5.74) is 2.11. The van der Waals surface area contributed by atoms with E-state index < -0.39 is 0 Å². The summed E-state index contributed by atoms with van der Waals surface area (Å²) in [7, 11) is 0. The van der Waals surface area contributed by atoms with Crippen molar-refractivity contribution in [3.63, 3.8) is 0 Å². The number of nitriles is 1. The van der Waals surface area contributed by atoms with E-state index in [1.807, 2.05) is 13.8 Å². The van der Waals surface area contributed by atoms with E-state index in [0.717, 1.165) is 11.3 Å². The minimum absolute atomic E-state index is 0.494. The van der Waals surface area contributed by atoms with Crippen LogP contribution in [0.3, 0.4) is 0 Å². The van der Waals surface area contributed by atoms with Gasteiger partial charge >= 0.3 is 0 Å². The van der Waals surface area contributed by atoms with Gasteiger partial charge in [-0.15, -0.1) is 0 Å². The Kier molecular flexibility index (Phi) is 2.03. The zero-order valence-corrected chi connectivity index (χ0v) is 6.83. The molecule has 52 valence electrons. The van der Waals surface area contributed by atoms with Crippen LogP contribution in [0.2, 0.25) is 0 Å². The average molecular weight is 152 g/mol. The molecule has 1 aromatic heterocycles. The van der Waals surface area contributed by atoms with Crippen LogP contribution in [0.5, 0.6) is 0 Å². The Balaban J connectivity index is 3.01. The lowest BCUT2D eigenvalue weighted by molar-refractivity contribution is 1.17. The Morgan fingerprint density at radius 2 is 2.30 bits per heavy atom. The molecule has 0 aliphatic carbocycles. The molecule has 0 atom stereocenters.